The van der Waals surface area contributed by atoms with E-state index in [1.165, 1.54) is 0 Å². The van der Waals surface area contributed by atoms with E-state index in [1.807, 2.05) is 60.0 Å². The second kappa shape index (κ2) is 5.06. The molecule has 3 aromatic rings. The minimum atomic E-state index is 0.433. The van der Waals surface area contributed by atoms with Crippen LogP contribution in [0.2, 0.25) is 0 Å². The van der Waals surface area contributed by atoms with Gasteiger partial charge in [-0.2, -0.15) is 5.26 Å². The fourth-order valence-electron chi connectivity index (χ4n) is 2.22. The normalized spacial score (nSPS) is 10.4. The van der Waals surface area contributed by atoms with Crippen LogP contribution in [0.1, 0.15) is 12.6 Å². The molecule has 4 heteroatoms. The van der Waals surface area contributed by atoms with Gasteiger partial charge in [0, 0.05) is 11.8 Å². The van der Waals surface area contributed by atoms with Crippen molar-refractivity contribution < 1.29 is 4.74 Å². The molecule has 0 bridgehead atoms. The van der Waals surface area contributed by atoms with Gasteiger partial charge in [-0.25, -0.2) is 4.98 Å². The molecular formula is C16H13N3O. The molecule has 4 nitrogen and oxygen atoms in total. The van der Waals surface area contributed by atoms with Crippen LogP contribution in [-0.4, -0.2) is 16.0 Å². The molecule has 3 rings (SSSR count). The van der Waals surface area contributed by atoms with Gasteiger partial charge in [-0.05, 0) is 31.2 Å². The van der Waals surface area contributed by atoms with Gasteiger partial charge in [-0.3, -0.25) is 4.40 Å². The molecule has 0 aliphatic rings. The van der Waals surface area contributed by atoms with Crippen LogP contribution < -0.4 is 4.74 Å². The number of imidazole rings is 1. The number of hydrogen-bond donors (Lipinski definition) is 0. The van der Waals surface area contributed by atoms with Gasteiger partial charge in [-0.1, -0.05) is 18.2 Å². The lowest BCUT2D eigenvalue weighted by molar-refractivity contribution is 0.340. The lowest BCUT2D eigenvalue weighted by Gasteiger charge is -2.05. The van der Waals surface area contributed by atoms with E-state index in [1.54, 1.807) is 0 Å². The fourth-order valence-corrected chi connectivity index (χ4v) is 2.22. The monoisotopic (exact) mass is 263 g/mol. The smallest absolute Gasteiger partial charge is 0.166 e. The van der Waals surface area contributed by atoms with Crippen LogP contribution in [0.5, 0.6) is 5.75 Å². The Bertz CT molecular complexity index is 799. The first-order valence-electron chi connectivity index (χ1n) is 6.44. The maximum Gasteiger partial charge on any atom is 0.166 e. The molecule has 98 valence electrons. The quantitative estimate of drug-likeness (QED) is 0.728. The first-order chi connectivity index (χ1) is 9.83. The van der Waals surface area contributed by atoms with Crippen molar-refractivity contribution in [1.82, 2.24) is 9.38 Å². The minimum absolute atomic E-state index is 0.433. The number of benzene rings is 1. The number of nitrogens with zero attached hydrogens (tertiary/aromatic N) is 3. The molecule has 0 radical (unpaired) electrons. The third-order valence-corrected chi connectivity index (χ3v) is 3.06. The third kappa shape index (κ3) is 1.99. The number of hydrogen-bond acceptors (Lipinski definition) is 3. The van der Waals surface area contributed by atoms with E-state index in [4.69, 9.17) is 4.74 Å². The van der Waals surface area contributed by atoms with Gasteiger partial charge < -0.3 is 4.74 Å². The molecule has 2 aromatic heterocycles. The van der Waals surface area contributed by atoms with Crippen LogP contribution in [0.4, 0.5) is 0 Å². The molecule has 0 fully saturated rings. The van der Waals surface area contributed by atoms with Crippen molar-refractivity contribution in [2.24, 2.45) is 0 Å². The van der Waals surface area contributed by atoms with Crippen molar-refractivity contribution in [2.45, 2.75) is 6.92 Å². The standard InChI is InChI=1S/C16H13N3O/c1-2-20-13-7-5-6-12(10-13)16-18-14(11-17)15-8-3-4-9-19(15)16/h3-10H,2H2,1H3. The summed E-state index contributed by atoms with van der Waals surface area (Å²) in [5, 5.41) is 9.18. The van der Waals surface area contributed by atoms with E-state index in [0.29, 0.717) is 12.3 Å². The minimum Gasteiger partial charge on any atom is -0.494 e. The van der Waals surface area contributed by atoms with E-state index in [-0.39, 0.29) is 0 Å². The van der Waals surface area contributed by atoms with Crippen LogP contribution in [0.3, 0.4) is 0 Å². The zero-order valence-corrected chi connectivity index (χ0v) is 11.1. The van der Waals surface area contributed by atoms with Gasteiger partial charge in [-0.15, -0.1) is 0 Å². The van der Waals surface area contributed by atoms with Crippen LogP contribution in [0.15, 0.2) is 48.7 Å². The number of ether oxygens (including phenoxy) is 1. The van der Waals surface area contributed by atoms with Gasteiger partial charge in [0.25, 0.3) is 0 Å². The summed E-state index contributed by atoms with van der Waals surface area (Å²) in [5.74, 6) is 1.55. The maximum atomic E-state index is 9.18. The summed E-state index contributed by atoms with van der Waals surface area (Å²) in [5.41, 5.74) is 2.17. The van der Waals surface area contributed by atoms with Crippen molar-refractivity contribution >= 4 is 5.52 Å². The van der Waals surface area contributed by atoms with Gasteiger partial charge in [0.2, 0.25) is 0 Å². The summed E-state index contributed by atoms with van der Waals surface area (Å²) < 4.78 is 7.43. The molecule has 0 N–H and O–H groups in total. The topological polar surface area (TPSA) is 50.3 Å². The highest BCUT2D eigenvalue weighted by atomic mass is 16.5. The average molecular weight is 263 g/mol. The van der Waals surface area contributed by atoms with Crippen molar-refractivity contribution in [3.05, 3.63) is 54.4 Å². The molecule has 0 aliphatic heterocycles. The Balaban J connectivity index is 2.20. The molecule has 0 saturated heterocycles. The Morgan fingerprint density at radius 3 is 2.95 bits per heavy atom. The molecule has 20 heavy (non-hydrogen) atoms. The Kier molecular flexibility index (Phi) is 3.10. The molecule has 0 aliphatic carbocycles. The van der Waals surface area contributed by atoms with Crippen molar-refractivity contribution in [1.29, 1.82) is 5.26 Å². The molecule has 0 amide bonds. The van der Waals surface area contributed by atoms with Crippen LogP contribution >= 0.6 is 0 Å². The number of rotatable bonds is 3. The number of nitriles is 1. The molecule has 1 aromatic carbocycles. The second-order valence-electron chi connectivity index (χ2n) is 4.31. The summed E-state index contributed by atoms with van der Waals surface area (Å²) in [6.07, 6.45) is 1.91. The molecule has 0 unspecified atom stereocenters. The van der Waals surface area contributed by atoms with E-state index in [9.17, 15) is 5.26 Å². The number of fused-ring (bicyclic) bond motifs is 1. The van der Waals surface area contributed by atoms with E-state index in [2.05, 4.69) is 11.1 Å². The Hall–Kier alpha value is -2.80. The Labute approximate surface area is 116 Å². The predicted molar refractivity (Wildman–Crippen MR) is 76.5 cm³/mol. The molecular weight excluding hydrogens is 250 g/mol. The summed E-state index contributed by atoms with van der Waals surface area (Å²) >= 11 is 0. The number of aromatic nitrogens is 2. The summed E-state index contributed by atoms with van der Waals surface area (Å²) in [7, 11) is 0. The molecule has 2 heterocycles. The Morgan fingerprint density at radius 1 is 1.25 bits per heavy atom. The van der Waals surface area contributed by atoms with E-state index < -0.39 is 0 Å². The average Bonchev–Trinajstić information content (AvgIpc) is 2.87. The fraction of sp³-hybridized carbons (Fsp3) is 0.125. The van der Waals surface area contributed by atoms with Gasteiger partial charge in [0.05, 0.1) is 12.1 Å². The highest BCUT2D eigenvalue weighted by molar-refractivity contribution is 5.68. The third-order valence-electron chi connectivity index (χ3n) is 3.06. The zero-order chi connectivity index (χ0) is 13.9. The second-order valence-corrected chi connectivity index (χ2v) is 4.31. The lowest BCUT2D eigenvalue weighted by atomic mass is 10.2. The SMILES string of the molecule is CCOc1cccc(-c2nc(C#N)c3ccccn23)c1. The highest BCUT2D eigenvalue weighted by Gasteiger charge is 2.12. The summed E-state index contributed by atoms with van der Waals surface area (Å²) in [4.78, 5) is 4.43. The van der Waals surface area contributed by atoms with E-state index >= 15 is 0 Å². The van der Waals surface area contributed by atoms with Crippen LogP contribution in [0.25, 0.3) is 16.9 Å². The van der Waals surface area contributed by atoms with Crippen molar-refractivity contribution in [3.8, 4) is 23.2 Å². The van der Waals surface area contributed by atoms with Crippen molar-refractivity contribution in [3.63, 3.8) is 0 Å². The molecule has 0 atom stereocenters. The molecule has 0 spiro atoms. The summed E-state index contributed by atoms with van der Waals surface area (Å²) in [6, 6.07) is 15.6. The predicted octanol–water partition coefficient (Wildman–Crippen LogP) is 3.27. The van der Waals surface area contributed by atoms with Crippen LogP contribution in [0, 0.1) is 11.3 Å². The van der Waals surface area contributed by atoms with E-state index in [0.717, 1.165) is 22.7 Å². The van der Waals surface area contributed by atoms with Gasteiger partial charge in [0.15, 0.2) is 5.69 Å². The highest BCUT2D eigenvalue weighted by Crippen LogP contribution is 2.25. The van der Waals surface area contributed by atoms with Gasteiger partial charge in [0.1, 0.15) is 17.6 Å². The van der Waals surface area contributed by atoms with Gasteiger partial charge >= 0.3 is 0 Å². The zero-order valence-electron chi connectivity index (χ0n) is 11.1. The van der Waals surface area contributed by atoms with Crippen molar-refractivity contribution in [2.75, 3.05) is 6.61 Å². The number of pyridine rings is 1. The summed E-state index contributed by atoms with van der Waals surface area (Å²) in [6.45, 7) is 2.57. The lowest BCUT2D eigenvalue weighted by Crippen LogP contribution is -1.93. The first-order valence-corrected chi connectivity index (χ1v) is 6.44. The first kappa shape index (κ1) is 12.2. The maximum absolute atomic E-state index is 9.18. The Morgan fingerprint density at radius 2 is 2.15 bits per heavy atom. The van der Waals surface area contributed by atoms with Crippen LogP contribution in [-0.2, 0) is 0 Å². The largest absolute Gasteiger partial charge is 0.494 e. The molecule has 0 saturated carbocycles.